The quantitative estimate of drug-likeness (QED) is 0.930. The number of pyridine rings is 1. The van der Waals surface area contributed by atoms with Gasteiger partial charge in [-0.15, -0.1) is 0 Å². The molecule has 0 amide bonds. The van der Waals surface area contributed by atoms with E-state index < -0.39 is 17.8 Å². The maximum Gasteiger partial charge on any atom is 0.416 e. The van der Waals surface area contributed by atoms with E-state index in [-0.39, 0.29) is 12.0 Å². The van der Waals surface area contributed by atoms with Crippen LogP contribution in [0.3, 0.4) is 0 Å². The molecule has 1 aromatic heterocycles. The number of aromatic nitrogens is 1. The second-order valence-electron chi connectivity index (χ2n) is 4.36. The van der Waals surface area contributed by atoms with Crippen LogP contribution in [0.25, 0.3) is 0 Å². The number of rotatable bonds is 3. The standard InChI is InChI=1S/C14H12ClF3N2/c15-12-4-2-1-3-9(12)7-13(19)10-8-20-6-5-11(10)14(16,17)18/h1-6,8,13H,7,19H2. The van der Waals surface area contributed by atoms with Gasteiger partial charge in [-0.3, -0.25) is 4.98 Å². The molecule has 0 aliphatic heterocycles. The highest BCUT2D eigenvalue weighted by Crippen LogP contribution is 2.34. The molecule has 0 saturated heterocycles. The summed E-state index contributed by atoms with van der Waals surface area (Å²) in [6.07, 6.45) is -1.97. The molecule has 20 heavy (non-hydrogen) atoms. The van der Waals surface area contributed by atoms with Crippen LogP contribution in [0.2, 0.25) is 5.02 Å². The lowest BCUT2D eigenvalue weighted by Crippen LogP contribution is -2.19. The maximum atomic E-state index is 12.9. The van der Waals surface area contributed by atoms with Crippen LogP contribution in [0.1, 0.15) is 22.7 Å². The number of hydrogen-bond acceptors (Lipinski definition) is 2. The Bertz CT molecular complexity index is 599. The Morgan fingerprint density at radius 2 is 1.90 bits per heavy atom. The van der Waals surface area contributed by atoms with Crippen molar-refractivity contribution in [2.75, 3.05) is 0 Å². The van der Waals surface area contributed by atoms with Gasteiger partial charge in [0.15, 0.2) is 0 Å². The first kappa shape index (κ1) is 14.8. The monoisotopic (exact) mass is 300 g/mol. The lowest BCUT2D eigenvalue weighted by Gasteiger charge is -2.18. The molecule has 0 fully saturated rings. The van der Waals surface area contributed by atoms with Crippen LogP contribution in [0, 0.1) is 0 Å². The van der Waals surface area contributed by atoms with E-state index in [0.29, 0.717) is 10.6 Å². The smallest absolute Gasteiger partial charge is 0.324 e. The zero-order valence-electron chi connectivity index (χ0n) is 10.4. The zero-order valence-corrected chi connectivity index (χ0v) is 11.1. The van der Waals surface area contributed by atoms with Gasteiger partial charge in [0.1, 0.15) is 0 Å². The van der Waals surface area contributed by atoms with Gasteiger partial charge < -0.3 is 5.73 Å². The van der Waals surface area contributed by atoms with Crippen molar-refractivity contribution in [1.82, 2.24) is 4.98 Å². The van der Waals surface area contributed by atoms with E-state index in [1.165, 1.54) is 0 Å². The summed E-state index contributed by atoms with van der Waals surface area (Å²) in [5.41, 5.74) is 5.82. The summed E-state index contributed by atoms with van der Waals surface area (Å²) >= 11 is 5.99. The van der Waals surface area contributed by atoms with Crippen molar-refractivity contribution in [3.63, 3.8) is 0 Å². The molecule has 6 heteroatoms. The van der Waals surface area contributed by atoms with Gasteiger partial charge in [0, 0.05) is 23.5 Å². The average Bonchev–Trinajstić information content (AvgIpc) is 2.40. The summed E-state index contributed by atoms with van der Waals surface area (Å²) < 4.78 is 38.8. The Labute approximate surface area is 119 Å². The van der Waals surface area contributed by atoms with E-state index in [9.17, 15) is 13.2 Å². The van der Waals surface area contributed by atoms with Gasteiger partial charge in [-0.1, -0.05) is 29.8 Å². The lowest BCUT2D eigenvalue weighted by atomic mass is 9.97. The molecule has 2 aromatic rings. The molecule has 1 heterocycles. The number of benzene rings is 1. The molecule has 0 aliphatic rings. The van der Waals surface area contributed by atoms with Crippen LogP contribution in [-0.2, 0) is 12.6 Å². The molecule has 106 valence electrons. The van der Waals surface area contributed by atoms with Crippen molar-refractivity contribution < 1.29 is 13.2 Å². The van der Waals surface area contributed by atoms with Crippen molar-refractivity contribution in [2.45, 2.75) is 18.6 Å². The van der Waals surface area contributed by atoms with Gasteiger partial charge in [-0.25, -0.2) is 0 Å². The van der Waals surface area contributed by atoms with Crippen LogP contribution in [0.5, 0.6) is 0 Å². The van der Waals surface area contributed by atoms with Crippen molar-refractivity contribution in [1.29, 1.82) is 0 Å². The van der Waals surface area contributed by atoms with Crippen molar-refractivity contribution in [3.05, 3.63) is 64.4 Å². The molecule has 1 atom stereocenters. The Kier molecular flexibility index (Phi) is 4.30. The largest absolute Gasteiger partial charge is 0.416 e. The molecule has 0 aliphatic carbocycles. The number of nitrogens with two attached hydrogens (primary N) is 1. The van der Waals surface area contributed by atoms with Gasteiger partial charge in [0.25, 0.3) is 0 Å². The van der Waals surface area contributed by atoms with Crippen LogP contribution in [-0.4, -0.2) is 4.98 Å². The topological polar surface area (TPSA) is 38.9 Å². The molecule has 2 nitrogen and oxygen atoms in total. The summed E-state index contributed by atoms with van der Waals surface area (Å²) in [5.74, 6) is 0. The second-order valence-corrected chi connectivity index (χ2v) is 4.77. The zero-order chi connectivity index (χ0) is 14.8. The number of nitrogens with zero attached hydrogens (tertiary/aromatic N) is 1. The average molecular weight is 301 g/mol. The van der Waals surface area contributed by atoms with Crippen LogP contribution in [0.15, 0.2) is 42.7 Å². The molecule has 0 bridgehead atoms. The van der Waals surface area contributed by atoms with Gasteiger partial charge >= 0.3 is 6.18 Å². The third-order valence-electron chi connectivity index (χ3n) is 2.95. The molecular weight excluding hydrogens is 289 g/mol. The molecule has 1 aromatic carbocycles. The fraction of sp³-hybridized carbons (Fsp3) is 0.214. The third-order valence-corrected chi connectivity index (χ3v) is 3.32. The van der Waals surface area contributed by atoms with E-state index >= 15 is 0 Å². The molecule has 0 radical (unpaired) electrons. The summed E-state index contributed by atoms with van der Waals surface area (Å²) in [4.78, 5) is 3.73. The first-order chi connectivity index (χ1) is 9.39. The van der Waals surface area contributed by atoms with Gasteiger partial charge in [-0.05, 0) is 29.7 Å². The highest BCUT2D eigenvalue weighted by Gasteiger charge is 2.34. The van der Waals surface area contributed by atoms with Gasteiger partial charge in [0.05, 0.1) is 5.56 Å². The number of alkyl halides is 3. The minimum atomic E-state index is -4.45. The highest BCUT2D eigenvalue weighted by molar-refractivity contribution is 6.31. The maximum absolute atomic E-state index is 12.9. The SMILES string of the molecule is NC(Cc1ccccc1Cl)c1cnccc1C(F)(F)F. The van der Waals surface area contributed by atoms with E-state index in [1.54, 1.807) is 24.3 Å². The van der Waals surface area contributed by atoms with Crippen molar-refractivity contribution in [3.8, 4) is 0 Å². The number of halogens is 4. The van der Waals surface area contributed by atoms with Crippen molar-refractivity contribution >= 4 is 11.6 Å². The first-order valence-corrected chi connectivity index (χ1v) is 6.27. The Hall–Kier alpha value is -1.59. The summed E-state index contributed by atoms with van der Waals surface area (Å²) in [5, 5.41) is 0.486. The number of hydrogen-bond donors (Lipinski definition) is 1. The van der Waals surface area contributed by atoms with Crippen LogP contribution in [0.4, 0.5) is 13.2 Å². The molecular formula is C14H12ClF3N2. The van der Waals surface area contributed by atoms with Crippen LogP contribution < -0.4 is 5.73 Å². The highest BCUT2D eigenvalue weighted by atomic mass is 35.5. The lowest BCUT2D eigenvalue weighted by molar-refractivity contribution is -0.138. The molecule has 2 N–H and O–H groups in total. The van der Waals surface area contributed by atoms with Crippen LogP contribution >= 0.6 is 11.6 Å². The molecule has 2 rings (SSSR count). The fourth-order valence-electron chi connectivity index (χ4n) is 1.97. The molecule has 1 unspecified atom stereocenters. The first-order valence-electron chi connectivity index (χ1n) is 5.89. The normalized spacial score (nSPS) is 13.2. The van der Waals surface area contributed by atoms with E-state index in [1.807, 2.05) is 0 Å². The third kappa shape index (κ3) is 3.29. The van der Waals surface area contributed by atoms with E-state index in [0.717, 1.165) is 18.5 Å². The van der Waals surface area contributed by atoms with Gasteiger partial charge in [0.2, 0.25) is 0 Å². The summed E-state index contributed by atoms with van der Waals surface area (Å²) in [6.45, 7) is 0. The second kappa shape index (κ2) is 5.81. The fourth-order valence-corrected chi connectivity index (χ4v) is 2.18. The Morgan fingerprint density at radius 1 is 1.20 bits per heavy atom. The minimum absolute atomic E-state index is 0.0279. The van der Waals surface area contributed by atoms with E-state index in [4.69, 9.17) is 17.3 Å². The summed E-state index contributed by atoms with van der Waals surface area (Å²) in [6, 6.07) is 7.05. The Morgan fingerprint density at radius 3 is 2.55 bits per heavy atom. The Balaban J connectivity index is 2.31. The van der Waals surface area contributed by atoms with Gasteiger partial charge in [-0.2, -0.15) is 13.2 Å². The summed E-state index contributed by atoms with van der Waals surface area (Å²) in [7, 11) is 0. The van der Waals surface area contributed by atoms with Crippen molar-refractivity contribution in [2.24, 2.45) is 5.73 Å². The predicted octanol–water partition coefficient (Wildman–Crippen LogP) is 4.00. The minimum Gasteiger partial charge on any atom is -0.324 e. The predicted molar refractivity (Wildman–Crippen MR) is 71.3 cm³/mol. The van der Waals surface area contributed by atoms with E-state index in [2.05, 4.69) is 4.98 Å². The molecule has 0 spiro atoms. The molecule has 0 saturated carbocycles.